The Hall–Kier alpha value is -1.73. The lowest BCUT2D eigenvalue weighted by molar-refractivity contribution is 0.0941. The molecule has 1 unspecified atom stereocenters. The van der Waals surface area contributed by atoms with Gasteiger partial charge in [0, 0.05) is 28.7 Å². The molecule has 1 amide bonds. The Labute approximate surface area is 127 Å². The second-order valence-corrected chi connectivity index (χ2v) is 8.11. The van der Waals surface area contributed by atoms with Gasteiger partial charge in [0.25, 0.3) is 5.91 Å². The number of carbonyl (C=O) groups is 1. The molecule has 1 aromatic heterocycles. The van der Waals surface area contributed by atoms with Crippen molar-refractivity contribution in [3.05, 3.63) is 41.4 Å². The summed E-state index contributed by atoms with van der Waals surface area (Å²) >= 11 is 1.54. The fraction of sp³-hybridized carbons (Fsp3) is 0.286. The third kappa shape index (κ3) is 3.30. The Morgan fingerprint density at radius 2 is 2.05 bits per heavy atom. The van der Waals surface area contributed by atoms with Crippen molar-refractivity contribution in [2.75, 3.05) is 11.5 Å². The number of benzene rings is 1. The molecule has 3 rings (SSSR count). The first-order chi connectivity index (χ1) is 10.0. The van der Waals surface area contributed by atoms with E-state index < -0.39 is 9.84 Å². The molecule has 1 aliphatic rings. The summed E-state index contributed by atoms with van der Waals surface area (Å²) in [7, 11) is -2.98. The van der Waals surface area contributed by atoms with Crippen molar-refractivity contribution in [1.82, 2.24) is 10.3 Å². The normalized spacial score (nSPS) is 20.3. The minimum atomic E-state index is -2.98. The van der Waals surface area contributed by atoms with Crippen LogP contribution in [0, 0.1) is 0 Å². The number of rotatable bonds is 3. The lowest BCUT2D eigenvalue weighted by Gasteiger charge is -2.10. The van der Waals surface area contributed by atoms with Crippen molar-refractivity contribution in [3.8, 4) is 10.6 Å². The number of hydrogen-bond donors (Lipinski definition) is 1. The molecule has 1 aliphatic heterocycles. The molecule has 110 valence electrons. The van der Waals surface area contributed by atoms with Gasteiger partial charge in [-0.1, -0.05) is 12.1 Å². The monoisotopic (exact) mass is 322 g/mol. The van der Waals surface area contributed by atoms with Gasteiger partial charge in [0.05, 0.1) is 11.5 Å². The average Bonchev–Trinajstić information content (AvgIpc) is 3.09. The number of thiazole rings is 1. The zero-order chi connectivity index (χ0) is 14.9. The number of sulfone groups is 1. The smallest absolute Gasteiger partial charge is 0.251 e. The molecule has 0 saturated carbocycles. The standard InChI is InChI=1S/C14H14N2O3S2/c17-13(16-12-5-8-21(18,19)9-12)10-1-3-11(4-2-10)14-15-6-7-20-14/h1-4,6-7,12H,5,8-9H2,(H,16,17). The van der Waals surface area contributed by atoms with E-state index in [2.05, 4.69) is 10.3 Å². The van der Waals surface area contributed by atoms with E-state index in [-0.39, 0.29) is 23.5 Å². The maximum absolute atomic E-state index is 12.1. The molecule has 1 aromatic carbocycles. The van der Waals surface area contributed by atoms with Crippen molar-refractivity contribution in [2.24, 2.45) is 0 Å². The van der Waals surface area contributed by atoms with Gasteiger partial charge in [0.1, 0.15) is 5.01 Å². The lowest BCUT2D eigenvalue weighted by Crippen LogP contribution is -2.35. The third-order valence-corrected chi connectivity index (χ3v) is 5.98. The highest BCUT2D eigenvalue weighted by Crippen LogP contribution is 2.22. The van der Waals surface area contributed by atoms with Crippen molar-refractivity contribution in [2.45, 2.75) is 12.5 Å². The van der Waals surface area contributed by atoms with Gasteiger partial charge in [-0.25, -0.2) is 13.4 Å². The molecule has 2 heterocycles. The second-order valence-electron chi connectivity index (χ2n) is 4.99. The number of aromatic nitrogens is 1. The molecule has 1 fully saturated rings. The number of amides is 1. The summed E-state index contributed by atoms with van der Waals surface area (Å²) in [4.78, 5) is 16.3. The molecule has 7 heteroatoms. The summed E-state index contributed by atoms with van der Waals surface area (Å²) in [6.07, 6.45) is 2.23. The first-order valence-corrected chi connectivity index (χ1v) is 9.25. The third-order valence-electron chi connectivity index (χ3n) is 3.39. The number of nitrogens with zero attached hydrogens (tertiary/aromatic N) is 1. The number of nitrogens with one attached hydrogen (secondary N) is 1. The fourth-order valence-corrected chi connectivity index (χ4v) is 4.63. The van der Waals surface area contributed by atoms with Crippen molar-refractivity contribution in [1.29, 1.82) is 0 Å². The molecule has 21 heavy (non-hydrogen) atoms. The maximum atomic E-state index is 12.1. The van der Waals surface area contributed by atoms with Gasteiger partial charge in [0.15, 0.2) is 9.84 Å². The van der Waals surface area contributed by atoms with Gasteiger partial charge in [-0.05, 0) is 18.6 Å². The molecule has 1 saturated heterocycles. The van der Waals surface area contributed by atoms with E-state index in [4.69, 9.17) is 0 Å². The summed E-state index contributed by atoms with van der Waals surface area (Å²) in [6, 6.07) is 6.88. The van der Waals surface area contributed by atoms with E-state index in [1.165, 1.54) is 11.3 Å². The second kappa shape index (κ2) is 5.57. The Bertz CT molecular complexity index is 737. The van der Waals surface area contributed by atoms with Crippen LogP contribution in [0.5, 0.6) is 0 Å². The van der Waals surface area contributed by atoms with Crippen LogP contribution in [0.15, 0.2) is 35.8 Å². The van der Waals surface area contributed by atoms with E-state index in [0.717, 1.165) is 10.6 Å². The van der Waals surface area contributed by atoms with E-state index in [9.17, 15) is 13.2 Å². The van der Waals surface area contributed by atoms with Gasteiger partial charge >= 0.3 is 0 Å². The minimum absolute atomic E-state index is 0.0376. The van der Waals surface area contributed by atoms with Gasteiger partial charge < -0.3 is 5.32 Å². The van der Waals surface area contributed by atoms with Crippen LogP contribution in [0.25, 0.3) is 10.6 Å². The van der Waals surface area contributed by atoms with Crippen LogP contribution >= 0.6 is 11.3 Å². The highest BCUT2D eigenvalue weighted by Gasteiger charge is 2.29. The molecule has 1 N–H and O–H groups in total. The van der Waals surface area contributed by atoms with E-state index in [0.29, 0.717) is 12.0 Å². The van der Waals surface area contributed by atoms with Crippen LogP contribution in [0.2, 0.25) is 0 Å². The minimum Gasteiger partial charge on any atom is -0.348 e. The Morgan fingerprint density at radius 1 is 1.29 bits per heavy atom. The van der Waals surface area contributed by atoms with Crippen LogP contribution in [-0.2, 0) is 9.84 Å². The fourth-order valence-electron chi connectivity index (χ4n) is 2.31. The maximum Gasteiger partial charge on any atom is 0.251 e. The Morgan fingerprint density at radius 3 is 2.62 bits per heavy atom. The van der Waals surface area contributed by atoms with Crippen LogP contribution in [0.1, 0.15) is 16.8 Å². The van der Waals surface area contributed by atoms with Crippen molar-refractivity contribution in [3.63, 3.8) is 0 Å². The molecule has 2 aromatic rings. The molecule has 0 spiro atoms. The predicted octanol–water partition coefficient (Wildman–Crippen LogP) is 1.73. The van der Waals surface area contributed by atoms with Crippen LogP contribution < -0.4 is 5.32 Å². The van der Waals surface area contributed by atoms with Gasteiger partial charge in [-0.2, -0.15) is 0 Å². The molecule has 0 radical (unpaired) electrons. The molecular weight excluding hydrogens is 308 g/mol. The van der Waals surface area contributed by atoms with Crippen molar-refractivity contribution < 1.29 is 13.2 Å². The summed E-state index contributed by atoms with van der Waals surface area (Å²) < 4.78 is 22.8. The van der Waals surface area contributed by atoms with E-state index >= 15 is 0 Å². The Kier molecular flexibility index (Phi) is 3.77. The zero-order valence-electron chi connectivity index (χ0n) is 11.2. The summed E-state index contributed by atoms with van der Waals surface area (Å²) in [5.41, 5.74) is 1.49. The van der Waals surface area contributed by atoms with E-state index in [1.807, 2.05) is 17.5 Å². The van der Waals surface area contributed by atoms with E-state index in [1.54, 1.807) is 18.3 Å². The van der Waals surface area contributed by atoms with Gasteiger partial charge in [-0.15, -0.1) is 11.3 Å². The quantitative estimate of drug-likeness (QED) is 0.933. The highest BCUT2D eigenvalue weighted by atomic mass is 32.2. The molecule has 1 atom stereocenters. The molecule has 0 bridgehead atoms. The van der Waals surface area contributed by atoms with Crippen LogP contribution in [0.3, 0.4) is 0 Å². The Balaban J connectivity index is 1.68. The van der Waals surface area contributed by atoms with Gasteiger partial charge in [0.2, 0.25) is 0 Å². The van der Waals surface area contributed by atoms with Crippen molar-refractivity contribution >= 4 is 27.1 Å². The summed E-state index contributed by atoms with van der Waals surface area (Å²) in [6.45, 7) is 0. The molecule has 5 nitrogen and oxygen atoms in total. The van der Waals surface area contributed by atoms with Gasteiger partial charge in [-0.3, -0.25) is 4.79 Å². The number of carbonyl (C=O) groups excluding carboxylic acids is 1. The SMILES string of the molecule is O=C(NC1CCS(=O)(=O)C1)c1ccc(-c2nccs2)cc1. The molecular formula is C14H14N2O3S2. The predicted molar refractivity (Wildman–Crippen MR) is 82.1 cm³/mol. The number of hydrogen-bond acceptors (Lipinski definition) is 5. The summed E-state index contributed by atoms with van der Waals surface area (Å²) in [5, 5.41) is 5.58. The first-order valence-electron chi connectivity index (χ1n) is 6.55. The average molecular weight is 322 g/mol. The van der Waals surface area contributed by atoms with Crippen LogP contribution in [-0.4, -0.2) is 36.9 Å². The van der Waals surface area contributed by atoms with Crippen LogP contribution in [0.4, 0.5) is 0 Å². The first kappa shape index (κ1) is 14.2. The highest BCUT2D eigenvalue weighted by molar-refractivity contribution is 7.91. The lowest BCUT2D eigenvalue weighted by atomic mass is 10.1. The zero-order valence-corrected chi connectivity index (χ0v) is 12.8. The largest absolute Gasteiger partial charge is 0.348 e. The molecule has 0 aliphatic carbocycles. The topological polar surface area (TPSA) is 76.1 Å². The summed E-state index contributed by atoms with van der Waals surface area (Å²) in [5.74, 6) is -0.0422.